The molecule has 2 saturated heterocycles. The molecule has 0 saturated carbocycles. The van der Waals surface area contributed by atoms with Gasteiger partial charge in [0.2, 0.25) is 5.91 Å². The van der Waals surface area contributed by atoms with E-state index in [9.17, 15) is 45.6 Å². The minimum atomic E-state index is -1.79. The van der Waals surface area contributed by atoms with Crippen molar-refractivity contribution in [3.8, 4) is 0 Å². The molecule has 0 aromatic rings. The topological polar surface area (TPSA) is 228 Å². The van der Waals surface area contributed by atoms with Gasteiger partial charge in [-0.3, -0.25) is 4.79 Å². The molecule has 2 heterocycles. The minimum Gasteiger partial charge on any atom is -0.394 e. The van der Waals surface area contributed by atoms with Crippen LogP contribution in [0, 0.1) is 0 Å². The number of nitrogens with one attached hydrogen (secondary N) is 1. The Morgan fingerprint density at radius 2 is 0.758 bits per heavy atom. The van der Waals surface area contributed by atoms with Gasteiger partial charge in [-0.15, -0.1) is 0 Å². The molecule has 0 aromatic heterocycles. The van der Waals surface area contributed by atoms with Crippen LogP contribution in [0.5, 0.6) is 0 Å². The van der Waals surface area contributed by atoms with Gasteiger partial charge >= 0.3 is 0 Å². The average molecular weight is 1290 g/mol. The van der Waals surface area contributed by atoms with Gasteiger partial charge in [-0.25, -0.2) is 0 Å². The summed E-state index contributed by atoms with van der Waals surface area (Å²) in [5.41, 5.74) is 0. The molecule has 0 radical (unpaired) electrons. The summed E-state index contributed by atoms with van der Waals surface area (Å²) in [4.78, 5) is 13.3. The monoisotopic (exact) mass is 1290 g/mol. The Labute approximate surface area is 555 Å². The molecule has 9 N–H and O–H groups in total. The highest BCUT2D eigenvalue weighted by molar-refractivity contribution is 5.76. The lowest BCUT2D eigenvalue weighted by atomic mass is 9.97. The highest BCUT2D eigenvalue weighted by atomic mass is 16.7. The third kappa shape index (κ3) is 44.7. The normalized spacial score (nSPS) is 23.2. The van der Waals surface area contributed by atoms with E-state index in [-0.39, 0.29) is 18.9 Å². The highest BCUT2D eigenvalue weighted by Crippen LogP contribution is 2.30. The number of aliphatic hydroxyl groups excluding tert-OH is 8. The van der Waals surface area contributed by atoms with Crippen LogP contribution in [0.25, 0.3) is 0 Å². The number of hydrogen-bond acceptors (Lipinski definition) is 13. The Balaban J connectivity index is 1.58. The van der Waals surface area contributed by atoms with Gasteiger partial charge in [-0.05, 0) is 64.2 Å². The van der Waals surface area contributed by atoms with E-state index >= 15 is 0 Å². The number of carbonyl (C=O) groups is 1. The predicted molar refractivity (Wildman–Crippen MR) is 373 cm³/mol. The van der Waals surface area contributed by atoms with Crippen molar-refractivity contribution < 1.29 is 64.6 Å². The van der Waals surface area contributed by atoms with Gasteiger partial charge in [0.25, 0.3) is 0 Å². The van der Waals surface area contributed by atoms with Gasteiger partial charge < -0.3 is 65.1 Å². The van der Waals surface area contributed by atoms with Crippen LogP contribution in [0.2, 0.25) is 0 Å². The minimum absolute atomic E-state index is 0.235. The van der Waals surface area contributed by atoms with Crippen LogP contribution in [0.15, 0.2) is 72.9 Å². The Hall–Kier alpha value is -2.57. The fraction of sp³-hybridized carbons (Fsp3) is 0.831. The van der Waals surface area contributed by atoms with Crippen molar-refractivity contribution in [1.82, 2.24) is 5.32 Å². The average Bonchev–Trinajstić information content (AvgIpc) is 1.19. The molecule has 2 rings (SSSR count). The summed E-state index contributed by atoms with van der Waals surface area (Å²) in [6, 6.07) is -0.915. The summed E-state index contributed by atoms with van der Waals surface area (Å²) < 4.78 is 22.9. The number of unbranched alkanes of at least 4 members (excludes halogenated alkanes) is 39. The summed E-state index contributed by atoms with van der Waals surface area (Å²) in [5.74, 6) is -0.235. The quantitative estimate of drug-likeness (QED) is 0.0204. The molecule has 530 valence electrons. The second-order valence-electron chi connectivity index (χ2n) is 26.4. The van der Waals surface area contributed by atoms with Gasteiger partial charge in [-0.1, -0.05) is 318 Å². The number of aliphatic hydroxyl groups is 8. The molecule has 14 nitrogen and oxygen atoms in total. The van der Waals surface area contributed by atoms with Crippen molar-refractivity contribution in [2.24, 2.45) is 0 Å². The molecule has 2 aliphatic rings. The third-order valence-electron chi connectivity index (χ3n) is 18.1. The van der Waals surface area contributed by atoms with Crippen molar-refractivity contribution in [1.29, 1.82) is 0 Å². The maximum absolute atomic E-state index is 13.3. The van der Waals surface area contributed by atoms with Crippen LogP contribution in [0.3, 0.4) is 0 Å². The van der Waals surface area contributed by atoms with Crippen LogP contribution in [-0.2, 0) is 23.7 Å². The van der Waals surface area contributed by atoms with E-state index in [2.05, 4.69) is 79.9 Å². The molecule has 0 aliphatic carbocycles. The Morgan fingerprint density at radius 3 is 1.16 bits per heavy atom. The standard InChI is InChI=1S/C77H139NO13/c1-3-5-7-9-11-13-15-17-19-21-23-24-25-26-27-28-29-30-31-32-33-34-35-36-37-38-39-40-41-42-43-45-47-49-51-53-55-57-59-61-69(82)78-65(66(81)60-58-56-54-52-50-48-46-44-22-20-18-16-14-12-10-8-6-4-2)64-88-76-74(87)72(85)75(68(63-80)90-76)91-77-73(86)71(84)70(83)67(62-79)89-77/h5,7,11,13,17,19,23-24,26-27,58,60,65-68,70-77,79-81,83-87H,3-4,6,8-10,12,14-16,18,20-22,25,28-57,59,61-64H2,1-2H3,(H,78,82)/b7-5-,13-11-,19-17-,24-23-,27-26-,60-58+. The summed E-state index contributed by atoms with van der Waals surface area (Å²) in [6.07, 6.45) is 66.9. The van der Waals surface area contributed by atoms with E-state index < -0.39 is 86.8 Å². The summed E-state index contributed by atoms with van der Waals surface area (Å²) in [5, 5.41) is 87.5. The van der Waals surface area contributed by atoms with E-state index in [1.165, 1.54) is 218 Å². The lowest BCUT2D eigenvalue weighted by molar-refractivity contribution is -0.359. The molecule has 12 unspecified atom stereocenters. The predicted octanol–water partition coefficient (Wildman–Crippen LogP) is 16.2. The Kier molecular flexibility index (Phi) is 56.7. The first-order chi connectivity index (χ1) is 44.6. The number of ether oxygens (including phenoxy) is 4. The molecule has 0 bridgehead atoms. The number of hydrogen-bond donors (Lipinski definition) is 9. The van der Waals surface area contributed by atoms with Crippen LogP contribution < -0.4 is 5.32 Å². The fourth-order valence-corrected chi connectivity index (χ4v) is 12.2. The zero-order chi connectivity index (χ0) is 65.9. The molecule has 2 aliphatic heterocycles. The molecule has 1 amide bonds. The van der Waals surface area contributed by atoms with Gasteiger partial charge in [0.1, 0.15) is 48.8 Å². The second kappa shape index (κ2) is 61.1. The smallest absolute Gasteiger partial charge is 0.220 e. The Morgan fingerprint density at radius 1 is 0.407 bits per heavy atom. The van der Waals surface area contributed by atoms with Crippen molar-refractivity contribution >= 4 is 5.91 Å². The van der Waals surface area contributed by atoms with Gasteiger partial charge in [0.15, 0.2) is 12.6 Å². The van der Waals surface area contributed by atoms with Gasteiger partial charge in [-0.2, -0.15) is 0 Å². The molecule has 2 fully saturated rings. The third-order valence-corrected chi connectivity index (χ3v) is 18.1. The molecule has 91 heavy (non-hydrogen) atoms. The first-order valence-electron chi connectivity index (χ1n) is 37.7. The van der Waals surface area contributed by atoms with Crippen molar-refractivity contribution in [3.05, 3.63) is 72.9 Å². The van der Waals surface area contributed by atoms with Crippen molar-refractivity contribution in [2.75, 3.05) is 19.8 Å². The number of amides is 1. The molecule has 12 atom stereocenters. The maximum Gasteiger partial charge on any atom is 0.220 e. The lowest BCUT2D eigenvalue weighted by Crippen LogP contribution is -2.65. The zero-order valence-corrected chi connectivity index (χ0v) is 57.8. The van der Waals surface area contributed by atoms with Crippen LogP contribution in [-0.4, -0.2) is 140 Å². The fourth-order valence-electron chi connectivity index (χ4n) is 12.2. The van der Waals surface area contributed by atoms with E-state index in [0.717, 1.165) is 70.6 Å². The molecule has 0 spiro atoms. The SMILES string of the molecule is CC/C=C\C/C=C\C/C=C\C/C=C\C/C=C\CCCCCCCCCCCCCCCCCCCCCCCCCC(=O)NC(COC1OC(CO)C(OC2OC(CO)C(O)C(O)C2O)C(O)C1O)C(O)/C=C/CCCCCCCCCCCCCCCCCC. The van der Waals surface area contributed by atoms with E-state index in [1.807, 2.05) is 6.08 Å². The largest absolute Gasteiger partial charge is 0.394 e. The highest BCUT2D eigenvalue weighted by Gasteiger charge is 2.51. The Bertz CT molecular complexity index is 1800. The second-order valence-corrected chi connectivity index (χ2v) is 26.4. The van der Waals surface area contributed by atoms with Crippen LogP contribution in [0.4, 0.5) is 0 Å². The van der Waals surface area contributed by atoms with E-state index in [1.54, 1.807) is 6.08 Å². The first kappa shape index (κ1) is 84.5. The van der Waals surface area contributed by atoms with Crippen molar-refractivity contribution in [2.45, 2.75) is 389 Å². The van der Waals surface area contributed by atoms with Gasteiger partial charge in [0.05, 0.1) is 32.0 Å². The summed E-state index contributed by atoms with van der Waals surface area (Å²) in [6.45, 7) is 2.72. The van der Waals surface area contributed by atoms with E-state index in [4.69, 9.17) is 18.9 Å². The molecular formula is C77H139NO13. The number of rotatable bonds is 62. The van der Waals surface area contributed by atoms with E-state index in [0.29, 0.717) is 6.42 Å². The lowest BCUT2D eigenvalue weighted by Gasteiger charge is -2.46. The summed E-state index contributed by atoms with van der Waals surface area (Å²) in [7, 11) is 0. The zero-order valence-electron chi connectivity index (χ0n) is 57.8. The van der Waals surface area contributed by atoms with Gasteiger partial charge in [0, 0.05) is 6.42 Å². The molecule has 14 heteroatoms. The molecular weight excluding hydrogens is 1150 g/mol. The summed E-state index contributed by atoms with van der Waals surface area (Å²) >= 11 is 0. The number of allylic oxidation sites excluding steroid dienone is 11. The van der Waals surface area contributed by atoms with Crippen molar-refractivity contribution in [3.63, 3.8) is 0 Å². The van der Waals surface area contributed by atoms with Crippen LogP contribution in [0.1, 0.15) is 316 Å². The molecule has 0 aromatic carbocycles. The number of carbonyl (C=O) groups excluding carboxylic acids is 1. The maximum atomic E-state index is 13.3. The van der Waals surface area contributed by atoms with Crippen LogP contribution >= 0.6 is 0 Å². The first-order valence-corrected chi connectivity index (χ1v) is 37.7.